The smallest absolute Gasteiger partial charge is 0.340 e. The Morgan fingerprint density at radius 3 is 2.52 bits per heavy atom. The Kier molecular flexibility index (Phi) is 5.10. The van der Waals surface area contributed by atoms with Crippen LogP contribution in [0.5, 0.6) is 0 Å². The summed E-state index contributed by atoms with van der Waals surface area (Å²) in [6, 6.07) is 3.41. The summed E-state index contributed by atoms with van der Waals surface area (Å²) >= 11 is 0. The number of ether oxygens (including phenoxy) is 1. The van der Waals surface area contributed by atoms with E-state index in [1.807, 2.05) is 25.3 Å². The molecule has 0 aliphatic heterocycles. The molecule has 7 heteroatoms. The van der Waals surface area contributed by atoms with Crippen molar-refractivity contribution in [3.8, 4) is 0 Å². The number of carbonyl (C=O) groups excluding carboxylic acids is 2. The van der Waals surface area contributed by atoms with E-state index in [1.54, 1.807) is 12.1 Å². The van der Waals surface area contributed by atoms with Crippen molar-refractivity contribution in [1.82, 2.24) is 14.5 Å². The van der Waals surface area contributed by atoms with Crippen LogP contribution >= 0.6 is 0 Å². The molecule has 0 saturated carbocycles. The van der Waals surface area contributed by atoms with Crippen molar-refractivity contribution in [2.45, 2.75) is 40.3 Å². The molecule has 0 aliphatic carbocycles. The lowest BCUT2D eigenvalue weighted by molar-refractivity contribution is -0.123. The van der Waals surface area contributed by atoms with Gasteiger partial charge in [-0.25, -0.2) is 14.8 Å². The number of carbonyl (C=O) groups is 2. The molecular weight excluding hydrogens is 296 g/mol. The molecule has 23 heavy (non-hydrogen) atoms. The lowest BCUT2D eigenvalue weighted by Gasteiger charge is -2.13. The van der Waals surface area contributed by atoms with Gasteiger partial charge in [0.15, 0.2) is 6.10 Å². The monoisotopic (exact) mass is 316 g/mol. The van der Waals surface area contributed by atoms with Crippen LogP contribution in [-0.4, -0.2) is 32.5 Å². The second-order valence-electron chi connectivity index (χ2n) is 5.14. The van der Waals surface area contributed by atoms with E-state index in [9.17, 15) is 9.59 Å². The van der Waals surface area contributed by atoms with Gasteiger partial charge in [0.25, 0.3) is 5.91 Å². The molecule has 1 amide bonds. The molecule has 1 atom stereocenters. The van der Waals surface area contributed by atoms with Crippen molar-refractivity contribution < 1.29 is 14.3 Å². The Balaban J connectivity index is 2.03. The molecule has 2 aromatic heterocycles. The average Bonchev–Trinajstić information content (AvgIpc) is 2.82. The normalized spacial score (nSPS) is 11.8. The molecule has 0 bridgehead atoms. The fraction of sp³-hybridized carbons (Fsp3) is 0.375. The summed E-state index contributed by atoms with van der Waals surface area (Å²) in [6.45, 7) is 8.07. The topological polar surface area (TPSA) is 86.1 Å². The third kappa shape index (κ3) is 3.74. The molecule has 0 aromatic carbocycles. The van der Waals surface area contributed by atoms with Crippen molar-refractivity contribution in [3.05, 3.63) is 41.5 Å². The fourth-order valence-electron chi connectivity index (χ4n) is 2.35. The molecule has 0 spiro atoms. The second kappa shape index (κ2) is 7.04. The summed E-state index contributed by atoms with van der Waals surface area (Å²) in [5.74, 6) is -0.826. The van der Waals surface area contributed by atoms with Crippen LogP contribution in [0.15, 0.2) is 24.5 Å². The molecule has 0 aliphatic rings. The molecule has 2 rings (SSSR count). The van der Waals surface area contributed by atoms with E-state index in [-0.39, 0.29) is 5.95 Å². The molecule has 0 radical (unpaired) electrons. The van der Waals surface area contributed by atoms with Gasteiger partial charge in [-0.15, -0.1) is 0 Å². The summed E-state index contributed by atoms with van der Waals surface area (Å²) in [6.07, 6.45) is 2.08. The van der Waals surface area contributed by atoms with Gasteiger partial charge in [-0.3, -0.25) is 10.1 Å². The van der Waals surface area contributed by atoms with Gasteiger partial charge in [0.2, 0.25) is 5.95 Å². The van der Waals surface area contributed by atoms with Crippen LogP contribution in [0.3, 0.4) is 0 Å². The van der Waals surface area contributed by atoms with Gasteiger partial charge >= 0.3 is 5.97 Å². The molecule has 2 heterocycles. The number of esters is 1. The Morgan fingerprint density at radius 1 is 1.30 bits per heavy atom. The number of anilines is 1. The summed E-state index contributed by atoms with van der Waals surface area (Å²) in [5, 5.41) is 2.50. The number of amides is 1. The standard InChI is InChI=1S/C16H20N4O3/c1-5-20-10(2)9-13(11(20)3)15(22)23-12(4)14(21)19-16-17-7-6-8-18-16/h6-9,12H,5H2,1-4H3,(H,17,18,19,21)/t12-/m0/s1. The summed E-state index contributed by atoms with van der Waals surface area (Å²) < 4.78 is 7.26. The number of hydrogen-bond donors (Lipinski definition) is 1. The number of aromatic nitrogens is 3. The molecule has 1 N–H and O–H groups in total. The third-order valence-electron chi connectivity index (χ3n) is 3.56. The maximum absolute atomic E-state index is 12.3. The lowest BCUT2D eigenvalue weighted by Crippen LogP contribution is -2.30. The number of nitrogens with zero attached hydrogens (tertiary/aromatic N) is 3. The van der Waals surface area contributed by atoms with Crippen molar-refractivity contribution in [2.75, 3.05) is 5.32 Å². The molecule has 0 saturated heterocycles. The minimum Gasteiger partial charge on any atom is -0.449 e. The van der Waals surface area contributed by atoms with Gasteiger partial charge in [-0.05, 0) is 39.8 Å². The number of nitrogens with one attached hydrogen (secondary N) is 1. The maximum atomic E-state index is 12.3. The quantitative estimate of drug-likeness (QED) is 0.854. The van der Waals surface area contributed by atoms with Gasteiger partial charge in [0.05, 0.1) is 5.56 Å². The van der Waals surface area contributed by atoms with Crippen molar-refractivity contribution in [2.24, 2.45) is 0 Å². The first-order valence-electron chi connectivity index (χ1n) is 7.39. The highest BCUT2D eigenvalue weighted by atomic mass is 16.5. The summed E-state index contributed by atoms with van der Waals surface area (Å²) in [5.41, 5.74) is 2.28. The highest BCUT2D eigenvalue weighted by Gasteiger charge is 2.22. The Hall–Kier alpha value is -2.70. The highest BCUT2D eigenvalue weighted by molar-refractivity contribution is 5.97. The summed E-state index contributed by atoms with van der Waals surface area (Å²) in [7, 11) is 0. The van der Waals surface area contributed by atoms with Crippen LogP contribution in [0.4, 0.5) is 5.95 Å². The molecule has 122 valence electrons. The van der Waals surface area contributed by atoms with E-state index in [0.717, 1.165) is 17.9 Å². The van der Waals surface area contributed by atoms with Gasteiger partial charge in [0, 0.05) is 30.3 Å². The van der Waals surface area contributed by atoms with Gasteiger partial charge in [-0.1, -0.05) is 0 Å². The van der Waals surface area contributed by atoms with E-state index in [2.05, 4.69) is 15.3 Å². The molecular formula is C16H20N4O3. The first-order chi connectivity index (χ1) is 10.9. The zero-order valence-corrected chi connectivity index (χ0v) is 13.7. The lowest BCUT2D eigenvalue weighted by atomic mass is 10.2. The van der Waals surface area contributed by atoms with E-state index in [0.29, 0.717) is 5.56 Å². The predicted molar refractivity (Wildman–Crippen MR) is 85.1 cm³/mol. The third-order valence-corrected chi connectivity index (χ3v) is 3.56. The van der Waals surface area contributed by atoms with E-state index in [4.69, 9.17) is 4.74 Å². The Morgan fingerprint density at radius 2 is 1.96 bits per heavy atom. The van der Waals surface area contributed by atoms with Gasteiger partial charge < -0.3 is 9.30 Å². The van der Waals surface area contributed by atoms with Crippen LogP contribution in [0.25, 0.3) is 0 Å². The van der Waals surface area contributed by atoms with Crippen molar-refractivity contribution in [3.63, 3.8) is 0 Å². The van der Waals surface area contributed by atoms with Gasteiger partial charge in [0.1, 0.15) is 0 Å². The Bertz CT molecular complexity index is 710. The van der Waals surface area contributed by atoms with Crippen molar-refractivity contribution in [1.29, 1.82) is 0 Å². The van der Waals surface area contributed by atoms with E-state index in [1.165, 1.54) is 19.3 Å². The molecule has 0 fully saturated rings. The van der Waals surface area contributed by atoms with Gasteiger partial charge in [-0.2, -0.15) is 0 Å². The minimum atomic E-state index is -0.948. The molecule has 2 aromatic rings. The molecule has 0 unspecified atom stereocenters. The van der Waals surface area contributed by atoms with Crippen LogP contribution < -0.4 is 5.32 Å². The van der Waals surface area contributed by atoms with E-state index >= 15 is 0 Å². The number of aryl methyl sites for hydroxylation is 1. The number of hydrogen-bond acceptors (Lipinski definition) is 5. The fourth-order valence-corrected chi connectivity index (χ4v) is 2.35. The summed E-state index contributed by atoms with van der Waals surface area (Å²) in [4.78, 5) is 32.1. The van der Waals surface area contributed by atoms with E-state index < -0.39 is 18.0 Å². The predicted octanol–water partition coefficient (Wildman–Crippen LogP) is 2.10. The zero-order chi connectivity index (χ0) is 17.0. The first-order valence-corrected chi connectivity index (χ1v) is 7.39. The van der Waals surface area contributed by atoms with Crippen molar-refractivity contribution >= 4 is 17.8 Å². The molecule has 7 nitrogen and oxygen atoms in total. The minimum absolute atomic E-state index is 0.171. The van der Waals surface area contributed by atoms with Crippen LogP contribution in [0, 0.1) is 13.8 Å². The Labute approximate surface area is 134 Å². The van der Waals surface area contributed by atoms with Crippen LogP contribution in [0.1, 0.15) is 35.6 Å². The zero-order valence-electron chi connectivity index (χ0n) is 13.7. The van der Waals surface area contributed by atoms with Crippen LogP contribution in [0.2, 0.25) is 0 Å². The largest absolute Gasteiger partial charge is 0.449 e. The maximum Gasteiger partial charge on any atom is 0.340 e. The highest BCUT2D eigenvalue weighted by Crippen LogP contribution is 2.17. The van der Waals surface area contributed by atoms with Crippen LogP contribution in [-0.2, 0) is 16.1 Å². The average molecular weight is 316 g/mol. The second-order valence-corrected chi connectivity index (χ2v) is 5.14. The first kappa shape index (κ1) is 16.7. The SMILES string of the molecule is CCn1c(C)cc(C(=O)O[C@@H](C)C(=O)Nc2ncccn2)c1C. The number of rotatable bonds is 5.